The van der Waals surface area contributed by atoms with Crippen LogP contribution in [-0.2, 0) is 17.1 Å². The van der Waals surface area contributed by atoms with E-state index < -0.39 is 0 Å². The average Bonchev–Trinajstić information content (AvgIpc) is 2.23. The third-order valence-corrected chi connectivity index (χ3v) is 0.586. The Morgan fingerprint density at radius 3 is 2.25 bits per heavy atom. The summed E-state index contributed by atoms with van der Waals surface area (Å²) >= 11 is 0. The molecule has 0 saturated heterocycles. The zero-order valence-corrected chi connectivity index (χ0v) is 5.78. The number of rotatable bonds is 0. The van der Waals surface area contributed by atoms with Gasteiger partial charge in [-0.3, -0.25) is 12.7 Å². The van der Waals surface area contributed by atoms with Gasteiger partial charge in [0.15, 0.2) is 0 Å². The molecule has 0 aliphatic heterocycles. The van der Waals surface area contributed by atoms with Gasteiger partial charge in [-0.2, -0.15) is 6.08 Å². The number of hydrogen-bond donors (Lipinski definition) is 0. The second kappa shape index (κ2) is 9.88. The van der Waals surface area contributed by atoms with E-state index in [0.29, 0.717) is 0 Å². The predicted molar refractivity (Wildman–Crippen MR) is 31.5 cm³/mol. The van der Waals surface area contributed by atoms with Crippen LogP contribution in [0.15, 0.2) is 24.8 Å². The standard InChI is InChI=1S/C5H5.C2H3.Mn/c1-2-4-5-3-1;1-2;/h1-3H,4H2;1H,2H2;/q2*-1;+2. The van der Waals surface area contributed by atoms with Crippen LogP contribution in [0.1, 0.15) is 6.42 Å². The molecule has 0 atom stereocenters. The van der Waals surface area contributed by atoms with E-state index in [-0.39, 0.29) is 17.1 Å². The van der Waals surface area contributed by atoms with Gasteiger partial charge < -0.3 is 6.58 Å². The van der Waals surface area contributed by atoms with Gasteiger partial charge in [0.1, 0.15) is 0 Å². The van der Waals surface area contributed by atoms with E-state index in [4.69, 9.17) is 0 Å². The van der Waals surface area contributed by atoms with Crippen molar-refractivity contribution in [2.75, 3.05) is 0 Å². The first-order valence-corrected chi connectivity index (χ1v) is 2.13. The summed E-state index contributed by atoms with van der Waals surface area (Å²) in [6.07, 6.45) is 10.0. The summed E-state index contributed by atoms with van der Waals surface area (Å²) in [6, 6.07) is 0. The van der Waals surface area contributed by atoms with Gasteiger partial charge in [0, 0.05) is 0 Å². The Morgan fingerprint density at radius 1 is 1.50 bits per heavy atom. The Labute approximate surface area is 61.5 Å². The van der Waals surface area contributed by atoms with Crippen molar-refractivity contribution in [1.82, 2.24) is 0 Å². The predicted octanol–water partition coefficient (Wildman–Crippen LogP) is 1.91. The molecule has 0 amide bonds. The first-order valence-electron chi connectivity index (χ1n) is 2.13. The van der Waals surface area contributed by atoms with E-state index >= 15 is 0 Å². The molecule has 1 aliphatic carbocycles. The molecule has 1 radical (unpaired) electrons. The fraction of sp³-hybridized carbons (Fsp3) is 0.143. The van der Waals surface area contributed by atoms with Gasteiger partial charge in [-0.05, 0) is 0 Å². The summed E-state index contributed by atoms with van der Waals surface area (Å²) in [4.78, 5) is 0. The van der Waals surface area contributed by atoms with E-state index in [9.17, 15) is 0 Å². The van der Waals surface area contributed by atoms with Crippen molar-refractivity contribution in [1.29, 1.82) is 0 Å². The number of hydrogen-bond acceptors (Lipinski definition) is 0. The van der Waals surface area contributed by atoms with Gasteiger partial charge in [-0.1, -0.05) is 0 Å². The topological polar surface area (TPSA) is 0 Å². The summed E-state index contributed by atoms with van der Waals surface area (Å²) in [5, 5.41) is 0. The molecule has 0 aromatic rings. The zero-order chi connectivity index (χ0) is 5.54. The van der Waals surface area contributed by atoms with E-state index in [1.807, 2.05) is 12.2 Å². The monoisotopic (exact) mass is 147 g/mol. The molecule has 8 heavy (non-hydrogen) atoms. The van der Waals surface area contributed by atoms with Gasteiger partial charge in [-0.15, -0.1) is 6.42 Å². The SMILES string of the molecule is [C-]1=CC=CC1.[CH-]=C.[Mn+2]. The Bertz CT molecular complexity index is 72.4. The Hall–Kier alpha value is -0.261. The van der Waals surface area contributed by atoms with Crippen molar-refractivity contribution in [2.45, 2.75) is 6.42 Å². The van der Waals surface area contributed by atoms with E-state index in [1.54, 1.807) is 0 Å². The largest absolute Gasteiger partial charge is 2.00 e. The molecule has 0 saturated carbocycles. The third-order valence-electron chi connectivity index (χ3n) is 0.586. The molecule has 43 valence electrons. The van der Waals surface area contributed by atoms with Crippen molar-refractivity contribution < 1.29 is 17.1 Å². The molecule has 0 nitrogen and oxygen atoms in total. The molecule has 1 rings (SSSR count). The maximum Gasteiger partial charge on any atom is 2.00 e. The molecule has 0 heterocycles. The van der Waals surface area contributed by atoms with Crippen LogP contribution < -0.4 is 0 Å². The second-order valence-corrected chi connectivity index (χ2v) is 1.00. The molecule has 0 aromatic heterocycles. The van der Waals surface area contributed by atoms with E-state index in [2.05, 4.69) is 25.3 Å². The maximum absolute atomic E-state index is 4.25. The summed E-state index contributed by atoms with van der Waals surface area (Å²) in [7, 11) is 0. The zero-order valence-electron chi connectivity index (χ0n) is 4.60. The van der Waals surface area contributed by atoms with Gasteiger partial charge in [0.2, 0.25) is 0 Å². The smallest absolute Gasteiger partial charge is 0.521 e. The van der Waals surface area contributed by atoms with Crippen molar-refractivity contribution in [3.8, 4) is 0 Å². The average molecular weight is 147 g/mol. The van der Waals surface area contributed by atoms with Crippen molar-refractivity contribution in [3.05, 3.63) is 37.5 Å². The summed E-state index contributed by atoms with van der Waals surface area (Å²) in [6.45, 7) is 7.00. The first kappa shape index (κ1) is 10.7. The molecule has 0 unspecified atom stereocenters. The van der Waals surface area contributed by atoms with Crippen LogP contribution in [0, 0.1) is 12.7 Å². The fourth-order valence-corrected chi connectivity index (χ4v) is 0.340. The Kier molecular flexibility index (Phi) is 13.2. The molecule has 1 aliphatic rings. The summed E-state index contributed by atoms with van der Waals surface area (Å²) in [5.74, 6) is 0. The summed E-state index contributed by atoms with van der Waals surface area (Å²) < 4.78 is 0. The van der Waals surface area contributed by atoms with Crippen LogP contribution >= 0.6 is 0 Å². The van der Waals surface area contributed by atoms with E-state index in [0.717, 1.165) is 6.42 Å². The van der Waals surface area contributed by atoms with Gasteiger partial charge in [0.25, 0.3) is 0 Å². The Morgan fingerprint density at radius 2 is 2.12 bits per heavy atom. The van der Waals surface area contributed by atoms with Gasteiger partial charge in [0.05, 0.1) is 0 Å². The minimum absolute atomic E-state index is 0. The summed E-state index contributed by atoms with van der Waals surface area (Å²) in [5.41, 5.74) is 0. The number of allylic oxidation sites excluding steroid dienone is 4. The van der Waals surface area contributed by atoms with Gasteiger partial charge >= 0.3 is 17.1 Å². The van der Waals surface area contributed by atoms with E-state index in [1.165, 1.54) is 0 Å². The quantitative estimate of drug-likeness (QED) is 0.362. The molecule has 0 spiro atoms. The first-order chi connectivity index (χ1) is 3.50. The van der Waals surface area contributed by atoms with Crippen LogP contribution in [0.4, 0.5) is 0 Å². The molecule has 0 bridgehead atoms. The van der Waals surface area contributed by atoms with Crippen LogP contribution in [0.25, 0.3) is 0 Å². The van der Waals surface area contributed by atoms with Crippen LogP contribution in [0.2, 0.25) is 0 Å². The van der Waals surface area contributed by atoms with Crippen LogP contribution in [0.5, 0.6) is 0 Å². The molecule has 0 aromatic carbocycles. The van der Waals surface area contributed by atoms with Crippen molar-refractivity contribution >= 4 is 0 Å². The molecular formula is C7H8Mn. The third kappa shape index (κ3) is 5.74. The minimum atomic E-state index is 0. The van der Waals surface area contributed by atoms with Crippen molar-refractivity contribution in [3.63, 3.8) is 0 Å². The van der Waals surface area contributed by atoms with Crippen molar-refractivity contribution in [2.24, 2.45) is 0 Å². The van der Waals surface area contributed by atoms with Crippen LogP contribution in [-0.4, -0.2) is 0 Å². The molecule has 0 fully saturated rings. The minimum Gasteiger partial charge on any atom is -0.521 e. The normalized spacial score (nSPS) is 11.5. The second-order valence-electron chi connectivity index (χ2n) is 1.00. The molecular weight excluding hydrogens is 139 g/mol. The van der Waals surface area contributed by atoms with Gasteiger partial charge in [-0.25, -0.2) is 12.2 Å². The van der Waals surface area contributed by atoms with Crippen LogP contribution in [0.3, 0.4) is 0 Å². The fourth-order valence-electron chi connectivity index (χ4n) is 0.340. The molecule has 0 N–H and O–H groups in total. The Balaban J connectivity index is 0. The molecule has 1 heteroatoms. The maximum atomic E-state index is 4.25.